The average Bonchev–Trinajstić information content (AvgIpc) is 2.77. The van der Waals surface area contributed by atoms with Crippen molar-refractivity contribution in [3.05, 3.63) is 24.3 Å². The van der Waals surface area contributed by atoms with Crippen LogP contribution in [0.4, 0.5) is 10.5 Å². The van der Waals surface area contributed by atoms with Crippen LogP contribution in [0.15, 0.2) is 29.2 Å². The molecule has 0 unspecified atom stereocenters. The molecule has 0 aliphatic carbocycles. The average molecular weight is 314 g/mol. The van der Waals surface area contributed by atoms with E-state index in [-0.39, 0.29) is 23.5 Å². The van der Waals surface area contributed by atoms with E-state index in [1.165, 1.54) is 0 Å². The van der Waals surface area contributed by atoms with E-state index in [2.05, 4.69) is 10.6 Å². The van der Waals surface area contributed by atoms with Crippen molar-refractivity contribution in [2.24, 2.45) is 5.92 Å². The maximum absolute atomic E-state index is 11.7. The zero-order valence-electron chi connectivity index (χ0n) is 11.3. The fourth-order valence-corrected chi connectivity index (χ4v) is 4.39. The summed E-state index contributed by atoms with van der Waals surface area (Å²) in [5, 5.41) is 5.45. The molecule has 0 spiro atoms. The van der Waals surface area contributed by atoms with Crippen molar-refractivity contribution in [3.63, 3.8) is 0 Å². The quantitative estimate of drug-likeness (QED) is 0.833. The van der Waals surface area contributed by atoms with E-state index >= 15 is 0 Å². The summed E-state index contributed by atoms with van der Waals surface area (Å²) in [6.07, 6.45) is 2.62. The zero-order chi connectivity index (χ0) is 14.6. The predicted molar refractivity (Wildman–Crippen MR) is 82.0 cm³/mol. The first-order valence-electron chi connectivity index (χ1n) is 6.38. The Morgan fingerprint density at radius 3 is 2.60 bits per heavy atom. The molecule has 2 rings (SSSR count). The molecule has 1 aliphatic rings. The predicted octanol–water partition coefficient (Wildman–Crippen LogP) is 1.96. The Kier molecular flexibility index (Phi) is 4.93. The number of rotatable bonds is 4. The highest BCUT2D eigenvalue weighted by molar-refractivity contribution is 7.98. The molecule has 1 atom stereocenters. The summed E-state index contributed by atoms with van der Waals surface area (Å²) >= 11 is 1.64. The van der Waals surface area contributed by atoms with Gasteiger partial charge in [-0.05, 0) is 42.9 Å². The van der Waals surface area contributed by atoms with Crippen LogP contribution in [0.2, 0.25) is 0 Å². The summed E-state index contributed by atoms with van der Waals surface area (Å²) < 4.78 is 22.6. The Morgan fingerprint density at radius 2 is 2.05 bits per heavy atom. The molecule has 1 aliphatic heterocycles. The van der Waals surface area contributed by atoms with Crippen LogP contribution in [0, 0.1) is 5.92 Å². The summed E-state index contributed by atoms with van der Waals surface area (Å²) in [6, 6.07) is 7.25. The van der Waals surface area contributed by atoms with Gasteiger partial charge in [-0.3, -0.25) is 0 Å². The molecular formula is C13H18N2O3S2. The van der Waals surface area contributed by atoms with Crippen LogP contribution < -0.4 is 10.6 Å². The summed E-state index contributed by atoms with van der Waals surface area (Å²) in [5.41, 5.74) is 0.722. The molecule has 5 nitrogen and oxygen atoms in total. The summed E-state index contributed by atoms with van der Waals surface area (Å²) in [6.45, 7) is 0.397. The van der Waals surface area contributed by atoms with Crippen molar-refractivity contribution in [1.29, 1.82) is 0 Å². The van der Waals surface area contributed by atoms with Crippen molar-refractivity contribution >= 4 is 33.3 Å². The molecule has 0 aromatic heterocycles. The van der Waals surface area contributed by atoms with Crippen molar-refractivity contribution in [2.45, 2.75) is 11.3 Å². The molecule has 1 aromatic carbocycles. The molecule has 2 N–H and O–H groups in total. The van der Waals surface area contributed by atoms with Gasteiger partial charge >= 0.3 is 6.03 Å². The van der Waals surface area contributed by atoms with Crippen LogP contribution in [0.3, 0.4) is 0 Å². The number of benzene rings is 1. The Hall–Kier alpha value is -1.21. The van der Waals surface area contributed by atoms with E-state index < -0.39 is 9.84 Å². The normalized spacial score (nSPS) is 20.6. The molecule has 2 amide bonds. The molecule has 1 heterocycles. The van der Waals surface area contributed by atoms with Crippen molar-refractivity contribution in [3.8, 4) is 0 Å². The van der Waals surface area contributed by atoms with E-state index in [1.807, 2.05) is 30.5 Å². The molecule has 7 heteroatoms. The summed E-state index contributed by atoms with van der Waals surface area (Å²) in [5.74, 6) is 0.442. The number of hydrogen-bond donors (Lipinski definition) is 2. The maximum atomic E-state index is 11.7. The van der Waals surface area contributed by atoms with Gasteiger partial charge < -0.3 is 10.6 Å². The van der Waals surface area contributed by atoms with Crippen molar-refractivity contribution in [1.82, 2.24) is 5.32 Å². The van der Waals surface area contributed by atoms with Gasteiger partial charge in [0.1, 0.15) is 0 Å². The molecule has 0 bridgehead atoms. The maximum Gasteiger partial charge on any atom is 0.319 e. The second kappa shape index (κ2) is 6.49. The smallest absolute Gasteiger partial charge is 0.319 e. The van der Waals surface area contributed by atoms with Crippen molar-refractivity contribution < 1.29 is 13.2 Å². The Balaban J connectivity index is 1.78. The number of urea groups is 1. The number of sulfone groups is 1. The second-order valence-electron chi connectivity index (χ2n) is 4.83. The van der Waals surface area contributed by atoms with E-state index in [4.69, 9.17) is 0 Å². The lowest BCUT2D eigenvalue weighted by molar-refractivity contribution is 0.250. The number of hydrogen-bond acceptors (Lipinski definition) is 4. The first-order valence-corrected chi connectivity index (χ1v) is 9.42. The van der Waals surface area contributed by atoms with Gasteiger partial charge in [-0.25, -0.2) is 13.2 Å². The Morgan fingerprint density at radius 1 is 1.35 bits per heavy atom. The molecular weight excluding hydrogens is 296 g/mol. The Labute approximate surface area is 123 Å². The van der Waals surface area contributed by atoms with E-state index in [9.17, 15) is 13.2 Å². The molecule has 0 saturated carbocycles. The van der Waals surface area contributed by atoms with Gasteiger partial charge in [-0.2, -0.15) is 0 Å². The van der Waals surface area contributed by atoms with E-state index in [1.54, 1.807) is 11.8 Å². The highest BCUT2D eigenvalue weighted by atomic mass is 32.2. The zero-order valence-corrected chi connectivity index (χ0v) is 12.9. The van der Waals surface area contributed by atoms with Gasteiger partial charge in [0.15, 0.2) is 9.84 Å². The van der Waals surface area contributed by atoms with E-state index in [0.717, 1.165) is 10.6 Å². The summed E-state index contributed by atoms with van der Waals surface area (Å²) in [7, 11) is -2.88. The van der Waals surface area contributed by atoms with Gasteiger partial charge in [0, 0.05) is 17.1 Å². The molecule has 20 heavy (non-hydrogen) atoms. The number of thioether (sulfide) groups is 1. The number of carbonyl (C=O) groups is 1. The third-order valence-electron chi connectivity index (χ3n) is 3.23. The minimum absolute atomic E-state index is 0.0321. The molecule has 1 fully saturated rings. The largest absolute Gasteiger partial charge is 0.338 e. The van der Waals surface area contributed by atoms with Gasteiger partial charge in [-0.1, -0.05) is 0 Å². The van der Waals surface area contributed by atoms with Gasteiger partial charge in [0.2, 0.25) is 0 Å². The fraction of sp³-hybridized carbons (Fsp3) is 0.462. The number of carbonyl (C=O) groups excluding carboxylic acids is 1. The van der Waals surface area contributed by atoms with Crippen LogP contribution in [0.1, 0.15) is 6.42 Å². The van der Waals surface area contributed by atoms with Crippen LogP contribution in [0.5, 0.6) is 0 Å². The highest BCUT2D eigenvalue weighted by Crippen LogP contribution is 2.18. The first kappa shape index (κ1) is 15.2. The molecule has 1 aromatic rings. The lowest BCUT2D eigenvalue weighted by atomic mass is 10.1. The number of nitrogens with one attached hydrogen (secondary N) is 2. The van der Waals surface area contributed by atoms with Crippen molar-refractivity contribution in [2.75, 3.05) is 29.6 Å². The molecule has 110 valence electrons. The van der Waals surface area contributed by atoms with Crippen LogP contribution in [-0.2, 0) is 9.84 Å². The molecule has 0 radical (unpaired) electrons. The van der Waals surface area contributed by atoms with Crippen LogP contribution >= 0.6 is 11.8 Å². The number of anilines is 1. The monoisotopic (exact) mass is 314 g/mol. The minimum atomic E-state index is -2.88. The second-order valence-corrected chi connectivity index (χ2v) is 7.94. The SMILES string of the molecule is CSc1ccc(NC(=O)NC[C@H]2CCS(=O)(=O)C2)cc1. The fourth-order valence-electron chi connectivity index (χ4n) is 2.12. The lowest BCUT2D eigenvalue weighted by Gasteiger charge is -2.11. The van der Waals surface area contributed by atoms with Crippen LogP contribution in [-0.4, -0.2) is 38.8 Å². The first-order chi connectivity index (χ1) is 9.48. The molecule has 1 saturated heterocycles. The third kappa shape index (κ3) is 4.42. The standard InChI is InChI=1S/C13H18N2O3S2/c1-19-12-4-2-11(3-5-12)15-13(16)14-8-10-6-7-20(17,18)9-10/h2-5,10H,6-9H2,1H3,(H2,14,15,16)/t10-/m1/s1. The Bertz CT molecular complexity index is 570. The van der Waals surface area contributed by atoms with Gasteiger partial charge in [0.05, 0.1) is 11.5 Å². The van der Waals surface area contributed by atoms with Crippen LogP contribution in [0.25, 0.3) is 0 Å². The number of amides is 2. The summed E-state index contributed by atoms with van der Waals surface area (Å²) in [4.78, 5) is 12.8. The highest BCUT2D eigenvalue weighted by Gasteiger charge is 2.27. The van der Waals surface area contributed by atoms with Gasteiger partial charge in [-0.15, -0.1) is 11.8 Å². The topological polar surface area (TPSA) is 75.3 Å². The van der Waals surface area contributed by atoms with Gasteiger partial charge in [0.25, 0.3) is 0 Å². The lowest BCUT2D eigenvalue weighted by Crippen LogP contribution is -2.33. The third-order valence-corrected chi connectivity index (χ3v) is 5.81. The van der Waals surface area contributed by atoms with E-state index in [0.29, 0.717) is 13.0 Å². The minimum Gasteiger partial charge on any atom is -0.338 e.